The van der Waals surface area contributed by atoms with Gasteiger partial charge in [0.05, 0.1) is 11.6 Å². The summed E-state index contributed by atoms with van der Waals surface area (Å²) in [5.74, 6) is -9.50. The summed E-state index contributed by atoms with van der Waals surface area (Å²) in [7, 11) is 5.85. The molecule has 2 aliphatic rings. The fourth-order valence-corrected chi connectivity index (χ4v) is 12.1. The molecular weight excluding hydrogens is 1080 g/mol. The number of halogens is 1. The Balaban J connectivity index is 1.94. The van der Waals surface area contributed by atoms with Crippen LogP contribution in [0.3, 0.4) is 0 Å². The van der Waals surface area contributed by atoms with Crippen LogP contribution in [0.15, 0.2) is 59.1 Å². The first-order valence-corrected chi connectivity index (χ1v) is 29.6. The highest BCUT2D eigenvalue weighted by atomic mass is 79.9. The number of ether oxygens (including phenoxy) is 1. The number of amides is 6. The van der Waals surface area contributed by atoms with Crippen LogP contribution < -0.4 is 5.32 Å². The zero-order valence-electron chi connectivity index (χ0n) is 50.5. The van der Waals surface area contributed by atoms with Crippen molar-refractivity contribution >= 4 is 68.9 Å². The van der Waals surface area contributed by atoms with Crippen LogP contribution in [-0.4, -0.2) is 166 Å². The molecule has 0 radical (unpaired) electrons. The van der Waals surface area contributed by atoms with E-state index in [1.165, 1.54) is 49.7 Å². The SMILES string of the molecule is CCC(C)[C@@H]1CC(=O)[C@@H]2CCN(C2)C(=O)[C@H](Cc2cccc(Br)c2)N(C)C(=O)[C@H](Cc2ccccc2)NC(=O)[C@H](C(C)C)N(C)C(=O)[C@@H](C(C)CC)OC(=O)[C@H](C(C)(C)O)N(C)C(=O)[C@H](CC(C)C)CC(=O)[C@H](C(C)C)N(C)C1=O. The van der Waals surface area contributed by atoms with Crippen molar-refractivity contribution in [2.75, 3.05) is 41.3 Å². The van der Waals surface area contributed by atoms with E-state index < -0.39 is 119 Å². The molecule has 0 aliphatic carbocycles. The molecule has 18 heteroatoms. The number of Topliss-reactive ketones (excluding diaryl/α,β-unsaturated/α-hetero) is 2. The minimum absolute atomic E-state index is 0.0172. The summed E-state index contributed by atoms with van der Waals surface area (Å²) in [6.07, 6.45) is -0.389. The Morgan fingerprint density at radius 3 is 1.80 bits per heavy atom. The van der Waals surface area contributed by atoms with E-state index in [9.17, 15) is 38.7 Å². The molecule has 444 valence electrons. The third-order valence-corrected chi connectivity index (χ3v) is 17.1. The highest BCUT2D eigenvalue weighted by Gasteiger charge is 2.47. The molecule has 4 rings (SSSR count). The molecule has 2 unspecified atom stereocenters. The van der Waals surface area contributed by atoms with Crippen LogP contribution in [0.2, 0.25) is 0 Å². The number of cyclic esters (lactones) is 1. The number of aliphatic hydroxyl groups is 1. The van der Waals surface area contributed by atoms with E-state index in [0.717, 1.165) is 14.9 Å². The monoisotopic (exact) mass is 1180 g/mol. The molecule has 2 heterocycles. The largest absolute Gasteiger partial charge is 0.450 e. The van der Waals surface area contributed by atoms with E-state index in [1.807, 2.05) is 96.1 Å². The average Bonchev–Trinajstić information content (AvgIpc) is 3.89. The number of esters is 1. The van der Waals surface area contributed by atoms with E-state index in [0.29, 0.717) is 24.8 Å². The number of hydrogen-bond donors (Lipinski definition) is 2. The minimum Gasteiger partial charge on any atom is -0.450 e. The van der Waals surface area contributed by atoms with Gasteiger partial charge in [0.1, 0.15) is 23.9 Å². The zero-order chi connectivity index (χ0) is 60.2. The maximum atomic E-state index is 15.3. The second-order valence-electron chi connectivity index (χ2n) is 24.5. The van der Waals surface area contributed by atoms with Gasteiger partial charge in [-0.1, -0.05) is 134 Å². The summed E-state index contributed by atoms with van der Waals surface area (Å²) in [5.41, 5.74) is -0.483. The molecule has 0 saturated carbocycles. The Bertz CT molecular complexity index is 2500. The van der Waals surface area contributed by atoms with Gasteiger partial charge in [0, 0.05) is 95.1 Å². The number of hydrogen-bond acceptors (Lipinski definition) is 11. The van der Waals surface area contributed by atoms with E-state index in [-0.39, 0.29) is 68.6 Å². The van der Waals surface area contributed by atoms with Crippen LogP contribution in [0, 0.1) is 47.3 Å². The lowest BCUT2D eigenvalue weighted by Crippen LogP contribution is -2.61. The fourth-order valence-electron chi connectivity index (χ4n) is 11.7. The number of rotatable bonds is 13. The predicted molar refractivity (Wildman–Crippen MR) is 311 cm³/mol. The van der Waals surface area contributed by atoms with Gasteiger partial charge < -0.3 is 39.7 Å². The molecule has 2 saturated heterocycles. The lowest BCUT2D eigenvalue weighted by Gasteiger charge is -2.39. The van der Waals surface area contributed by atoms with Gasteiger partial charge in [-0.25, -0.2) is 4.79 Å². The van der Waals surface area contributed by atoms with E-state index in [2.05, 4.69) is 21.2 Å². The Morgan fingerprint density at radius 2 is 1.25 bits per heavy atom. The van der Waals surface area contributed by atoms with Crippen molar-refractivity contribution in [3.8, 4) is 0 Å². The smallest absolute Gasteiger partial charge is 0.332 e. The normalized spacial score (nSPS) is 26.5. The van der Waals surface area contributed by atoms with Crippen molar-refractivity contribution in [3.63, 3.8) is 0 Å². The molecule has 80 heavy (non-hydrogen) atoms. The lowest BCUT2D eigenvalue weighted by atomic mass is 9.82. The Kier molecular flexibility index (Phi) is 24.7. The molecule has 6 amide bonds. The predicted octanol–water partition coefficient (Wildman–Crippen LogP) is 7.17. The summed E-state index contributed by atoms with van der Waals surface area (Å²) in [6.45, 7) is 21.2. The van der Waals surface area contributed by atoms with Gasteiger partial charge in [-0.15, -0.1) is 0 Å². The van der Waals surface area contributed by atoms with E-state index in [1.54, 1.807) is 39.6 Å². The molecule has 17 nitrogen and oxygen atoms in total. The van der Waals surface area contributed by atoms with Crippen molar-refractivity contribution in [2.45, 2.75) is 176 Å². The van der Waals surface area contributed by atoms with Crippen LogP contribution in [0.1, 0.15) is 133 Å². The number of benzene rings is 2. The summed E-state index contributed by atoms with van der Waals surface area (Å²) in [5, 5.41) is 14.7. The second-order valence-corrected chi connectivity index (χ2v) is 25.4. The zero-order valence-corrected chi connectivity index (χ0v) is 52.1. The van der Waals surface area contributed by atoms with Crippen LogP contribution in [0.4, 0.5) is 0 Å². The molecule has 0 aromatic heterocycles. The van der Waals surface area contributed by atoms with Crippen molar-refractivity contribution in [2.24, 2.45) is 47.3 Å². The molecule has 2 N–H and O–H groups in total. The molecule has 2 fully saturated rings. The van der Waals surface area contributed by atoms with Crippen molar-refractivity contribution in [1.82, 2.24) is 29.8 Å². The van der Waals surface area contributed by atoms with Crippen LogP contribution >= 0.6 is 15.9 Å². The third-order valence-electron chi connectivity index (χ3n) is 16.6. The second kappa shape index (κ2) is 29.5. The molecule has 2 bridgehead atoms. The number of carbonyl (C=O) groups excluding carboxylic acids is 9. The fraction of sp³-hybridized carbons (Fsp3) is 0.661. The van der Waals surface area contributed by atoms with E-state index in [4.69, 9.17) is 4.74 Å². The highest BCUT2D eigenvalue weighted by Crippen LogP contribution is 2.32. The summed E-state index contributed by atoms with van der Waals surface area (Å²) < 4.78 is 6.89. The molecule has 11 atom stereocenters. The molecule has 2 aliphatic heterocycles. The standard InChI is InChI=1S/C62H93BrN6O11/c1-17-39(9)46-34-49(70)43-27-28-69(35-43)59(76)48(32-42-25-22-26-45(63)30-42)65(13)58(75)47(31-41-23-20-19-21-24-41)64-55(72)52(38(7)8)67(15)60(77)53(40(10)18-2)80-61(78)54(62(11,12)79)68(16)56(73)44(29-36(3)4)33-50(71)51(37(5)6)66(14)57(46)74/h19-26,30,36-40,43-44,46-48,51-54,79H,17-18,27-29,31-35H2,1-16H3,(H,64,72)/t39?,40?,43-,44-,46+,47+,48+,51+,52+,53-,54-/m1/s1. The van der Waals surface area contributed by atoms with Gasteiger partial charge in [0.25, 0.3) is 5.91 Å². The quantitative estimate of drug-likeness (QED) is 0.192. The highest BCUT2D eigenvalue weighted by molar-refractivity contribution is 9.10. The number of likely N-dealkylation sites (N-methyl/N-ethyl adjacent to an activating group) is 4. The van der Waals surface area contributed by atoms with Gasteiger partial charge in [-0.3, -0.25) is 38.4 Å². The first-order valence-electron chi connectivity index (χ1n) is 28.8. The van der Waals surface area contributed by atoms with Crippen molar-refractivity contribution < 1.29 is 53.0 Å². The summed E-state index contributed by atoms with van der Waals surface area (Å²) >= 11 is 3.54. The lowest BCUT2D eigenvalue weighted by molar-refractivity contribution is -0.178. The molecule has 2 aromatic rings. The minimum atomic E-state index is -1.94. The maximum absolute atomic E-state index is 15.3. The van der Waals surface area contributed by atoms with Crippen molar-refractivity contribution in [1.29, 1.82) is 0 Å². The number of fused-ring (bicyclic) bond motifs is 2. The van der Waals surface area contributed by atoms with Gasteiger partial charge in [-0.2, -0.15) is 0 Å². The maximum Gasteiger partial charge on any atom is 0.332 e. The Labute approximate surface area is 484 Å². The Morgan fingerprint density at radius 1 is 0.662 bits per heavy atom. The first-order chi connectivity index (χ1) is 37.4. The number of nitrogens with zero attached hydrogens (tertiary/aromatic N) is 5. The summed E-state index contributed by atoms with van der Waals surface area (Å²) in [6, 6.07) is 10.2. The first kappa shape index (κ1) is 67.0. The van der Waals surface area contributed by atoms with Crippen LogP contribution in [0.25, 0.3) is 0 Å². The molecule has 2 aromatic carbocycles. The number of carbonyl (C=O) groups is 9. The van der Waals surface area contributed by atoms with Crippen LogP contribution in [-0.2, 0) is 60.7 Å². The molecular formula is C62H93BrN6O11. The number of ketones is 2. The summed E-state index contributed by atoms with van der Waals surface area (Å²) in [4.78, 5) is 141. The Hall–Kier alpha value is -5.49. The third kappa shape index (κ3) is 17.0. The molecule has 0 spiro atoms. The van der Waals surface area contributed by atoms with Gasteiger partial charge in [0.2, 0.25) is 29.5 Å². The van der Waals surface area contributed by atoms with Gasteiger partial charge in [0.15, 0.2) is 17.9 Å². The van der Waals surface area contributed by atoms with E-state index >= 15 is 9.59 Å². The van der Waals surface area contributed by atoms with Gasteiger partial charge in [-0.05, 0) is 80.0 Å². The average molecular weight is 1180 g/mol. The number of nitrogens with one attached hydrogen (secondary N) is 1. The topological polar surface area (TPSA) is 211 Å². The van der Waals surface area contributed by atoms with Crippen molar-refractivity contribution in [3.05, 3.63) is 70.2 Å². The van der Waals surface area contributed by atoms with Crippen LogP contribution in [0.5, 0.6) is 0 Å². The van der Waals surface area contributed by atoms with Gasteiger partial charge >= 0.3 is 5.97 Å².